The third-order valence-electron chi connectivity index (χ3n) is 6.02. The monoisotopic (exact) mass is 491 g/mol. The van der Waals surface area contributed by atoms with Crippen LogP contribution in [0.15, 0.2) is 78.9 Å². The molecule has 1 fully saturated rings. The first kappa shape index (κ1) is 24.9. The quantitative estimate of drug-likeness (QED) is 0.438. The molecule has 0 unspecified atom stereocenters. The van der Waals surface area contributed by atoms with Gasteiger partial charge in [0.1, 0.15) is 5.82 Å². The van der Waals surface area contributed by atoms with E-state index in [1.807, 2.05) is 30.3 Å². The number of piperidine rings is 1. The number of carbonyl (C=O) groups is 2. The molecule has 0 spiro atoms. The average Bonchev–Trinajstić information content (AvgIpc) is 2.88. The first-order valence-electron chi connectivity index (χ1n) is 11.8. The van der Waals surface area contributed by atoms with E-state index >= 15 is 0 Å². The highest BCUT2D eigenvalue weighted by atomic mass is 32.2. The molecule has 1 heterocycles. The van der Waals surface area contributed by atoms with Gasteiger partial charge >= 0.3 is 0 Å². The van der Waals surface area contributed by atoms with Crippen molar-refractivity contribution in [1.82, 2.24) is 10.2 Å². The summed E-state index contributed by atoms with van der Waals surface area (Å²) in [6, 6.07) is 23.9. The first-order valence-corrected chi connectivity index (χ1v) is 13.0. The van der Waals surface area contributed by atoms with Gasteiger partial charge in [0, 0.05) is 42.7 Å². The number of carbonyl (C=O) groups excluding carboxylic acids is 2. The number of anilines is 1. The van der Waals surface area contributed by atoms with Crippen LogP contribution in [0.1, 0.15) is 34.3 Å². The zero-order valence-electron chi connectivity index (χ0n) is 19.6. The number of likely N-dealkylation sites (tertiary alicyclic amines) is 1. The van der Waals surface area contributed by atoms with E-state index in [4.69, 9.17) is 0 Å². The fraction of sp³-hybridized carbons (Fsp3) is 0.286. The first-order chi connectivity index (χ1) is 17.0. The van der Waals surface area contributed by atoms with Gasteiger partial charge in [-0.15, -0.1) is 11.8 Å². The average molecular weight is 492 g/mol. The van der Waals surface area contributed by atoms with Crippen molar-refractivity contribution in [3.63, 3.8) is 0 Å². The number of hydrogen-bond donors (Lipinski definition) is 2. The molecule has 2 N–H and O–H groups in total. The lowest BCUT2D eigenvalue weighted by Crippen LogP contribution is -2.44. The van der Waals surface area contributed by atoms with Crippen molar-refractivity contribution in [2.24, 2.45) is 0 Å². The molecule has 3 aromatic rings. The Hall–Kier alpha value is -3.16. The molecule has 0 atom stereocenters. The molecule has 5 nitrogen and oxygen atoms in total. The lowest BCUT2D eigenvalue weighted by molar-refractivity contribution is -0.113. The van der Waals surface area contributed by atoms with Crippen LogP contribution in [0.5, 0.6) is 0 Å². The molecule has 1 saturated heterocycles. The zero-order chi connectivity index (χ0) is 24.5. The van der Waals surface area contributed by atoms with Crippen LogP contribution in [0.3, 0.4) is 0 Å². The van der Waals surface area contributed by atoms with E-state index in [1.54, 1.807) is 0 Å². The molecule has 0 saturated carbocycles. The van der Waals surface area contributed by atoms with Crippen molar-refractivity contribution >= 4 is 29.3 Å². The molecule has 0 radical (unpaired) electrons. The van der Waals surface area contributed by atoms with Gasteiger partial charge in [0.25, 0.3) is 5.91 Å². The van der Waals surface area contributed by atoms with Gasteiger partial charge in [-0.05, 0) is 60.4 Å². The molecule has 182 valence electrons. The Morgan fingerprint density at radius 3 is 2.26 bits per heavy atom. The van der Waals surface area contributed by atoms with Crippen LogP contribution in [0.4, 0.5) is 10.1 Å². The fourth-order valence-corrected chi connectivity index (χ4v) is 4.88. The highest BCUT2D eigenvalue weighted by Gasteiger charge is 2.21. The molecule has 0 aliphatic carbocycles. The van der Waals surface area contributed by atoms with Crippen molar-refractivity contribution < 1.29 is 14.0 Å². The van der Waals surface area contributed by atoms with E-state index in [9.17, 15) is 14.0 Å². The number of halogens is 1. The van der Waals surface area contributed by atoms with Gasteiger partial charge in [0.05, 0.1) is 5.75 Å². The van der Waals surface area contributed by atoms with Crippen molar-refractivity contribution in [3.05, 3.63) is 101 Å². The summed E-state index contributed by atoms with van der Waals surface area (Å²) < 4.78 is 12.9. The molecule has 2 amide bonds. The Morgan fingerprint density at radius 2 is 1.57 bits per heavy atom. The number of nitrogens with one attached hydrogen (secondary N) is 2. The van der Waals surface area contributed by atoms with Gasteiger partial charge in [-0.1, -0.05) is 42.5 Å². The predicted octanol–water partition coefficient (Wildman–Crippen LogP) is 5.09. The molecular formula is C28H30FN3O2S. The second-order valence-electron chi connectivity index (χ2n) is 8.75. The van der Waals surface area contributed by atoms with Crippen LogP contribution in [0, 0.1) is 5.82 Å². The minimum Gasteiger partial charge on any atom is -0.349 e. The van der Waals surface area contributed by atoms with Crippen LogP contribution < -0.4 is 10.6 Å². The number of thioether (sulfide) groups is 1. The van der Waals surface area contributed by atoms with Gasteiger partial charge in [0.2, 0.25) is 5.91 Å². The van der Waals surface area contributed by atoms with Crippen LogP contribution in [0.25, 0.3) is 0 Å². The van der Waals surface area contributed by atoms with E-state index in [0.29, 0.717) is 22.8 Å². The Kier molecular flexibility index (Phi) is 8.92. The lowest BCUT2D eigenvalue weighted by atomic mass is 10.0. The summed E-state index contributed by atoms with van der Waals surface area (Å²) in [7, 11) is 0. The SMILES string of the molecule is O=C(CSCc1ccc(C(=O)NC2CCN(Cc3ccccc3)CC2)cc1)Nc1ccc(F)cc1. The smallest absolute Gasteiger partial charge is 0.251 e. The summed E-state index contributed by atoms with van der Waals surface area (Å²) in [5, 5.41) is 5.93. The van der Waals surface area contributed by atoms with Crippen molar-refractivity contribution in [2.45, 2.75) is 31.2 Å². The highest BCUT2D eigenvalue weighted by molar-refractivity contribution is 7.99. The van der Waals surface area contributed by atoms with Gasteiger partial charge in [-0.25, -0.2) is 4.39 Å². The molecule has 3 aromatic carbocycles. The van der Waals surface area contributed by atoms with Crippen molar-refractivity contribution in [1.29, 1.82) is 0 Å². The molecule has 1 aliphatic rings. The third-order valence-corrected chi connectivity index (χ3v) is 7.02. The van der Waals surface area contributed by atoms with Crippen LogP contribution in [-0.4, -0.2) is 41.6 Å². The van der Waals surface area contributed by atoms with E-state index in [0.717, 1.165) is 38.0 Å². The molecule has 0 bridgehead atoms. The Bertz CT molecular complexity index is 1100. The van der Waals surface area contributed by atoms with Crippen molar-refractivity contribution in [2.75, 3.05) is 24.2 Å². The Morgan fingerprint density at radius 1 is 0.886 bits per heavy atom. The van der Waals surface area contributed by atoms with E-state index in [-0.39, 0.29) is 23.7 Å². The molecule has 1 aliphatic heterocycles. The molecule has 7 heteroatoms. The van der Waals surface area contributed by atoms with Crippen LogP contribution >= 0.6 is 11.8 Å². The lowest BCUT2D eigenvalue weighted by Gasteiger charge is -2.32. The summed E-state index contributed by atoms with van der Waals surface area (Å²) in [6.45, 7) is 2.91. The van der Waals surface area contributed by atoms with Gasteiger partial charge in [-0.3, -0.25) is 14.5 Å². The third kappa shape index (κ3) is 7.94. The summed E-state index contributed by atoms with van der Waals surface area (Å²) in [4.78, 5) is 27.2. The summed E-state index contributed by atoms with van der Waals surface area (Å²) >= 11 is 1.49. The van der Waals surface area contributed by atoms with Crippen LogP contribution in [-0.2, 0) is 17.1 Å². The largest absolute Gasteiger partial charge is 0.349 e. The van der Waals surface area contributed by atoms with Gasteiger partial charge in [-0.2, -0.15) is 0 Å². The zero-order valence-corrected chi connectivity index (χ0v) is 20.4. The predicted molar refractivity (Wildman–Crippen MR) is 140 cm³/mol. The minimum absolute atomic E-state index is 0.0376. The summed E-state index contributed by atoms with van der Waals surface area (Å²) in [5.41, 5.74) is 3.60. The topological polar surface area (TPSA) is 61.4 Å². The minimum atomic E-state index is -0.335. The Balaban J connectivity index is 1.15. The maximum absolute atomic E-state index is 12.9. The standard InChI is InChI=1S/C28H30FN3O2S/c29-24-10-12-25(13-11-24)30-27(33)20-35-19-22-6-8-23(9-7-22)28(34)31-26-14-16-32(17-15-26)18-21-4-2-1-3-5-21/h1-13,26H,14-20H2,(H,30,33)(H,31,34). The van der Waals surface area contributed by atoms with E-state index in [1.165, 1.54) is 41.6 Å². The second-order valence-corrected chi connectivity index (χ2v) is 9.74. The summed E-state index contributed by atoms with van der Waals surface area (Å²) in [6.07, 6.45) is 1.90. The highest BCUT2D eigenvalue weighted by Crippen LogP contribution is 2.17. The molecular weight excluding hydrogens is 461 g/mol. The molecule has 4 rings (SSSR count). The second kappa shape index (κ2) is 12.5. The van der Waals surface area contributed by atoms with E-state index in [2.05, 4.69) is 39.8 Å². The normalized spacial score (nSPS) is 14.4. The maximum atomic E-state index is 12.9. The number of benzene rings is 3. The molecule has 35 heavy (non-hydrogen) atoms. The summed E-state index contributed by atoms with van der Waals surface area (Å²) in [5.74, 6) is 0.455. The number of nitrogens with zero attached hydrogens (tertiary/aromatic N) is 1. The maximum Gasteiger partial charge on any atom is 0.251 e. The van der Waals surface area contributed by atoms with Crippen molar-refractivity contribution in [3.8, 4) is 0 Å². The Labute approximate surface area is 210 Å². The van der Waals surface area contributed by atoms with Crippen LogP contribution in [0.2, 0.25) is 0 Å². The number of rotatable bonds is 9. The van der Waals surface area contributed by atoms with Gasteiger partial charge < -0.3 is 10.6 Å². The fourth-order valence-electron chi connectivity index (χ4n) is 4.09. The van der Waals surface area contributed by atoms with Gasteiger partial charge in [0.15, 0.2) is 0 Å². The number of amides is 2. The number of hydrogen-bond acceptors (Lipinski definition) is 4. The molecule has 0 aromatic heterocycles. The van der Waals surface area contributed by atoms with E-state index < -0.39 is 0 Å².